The molecule has 122 valence electrons. The van der Waals surface area contributed by atoms with Gasteiger partial charge in [0, 0.05) is 24.7 Å². The molecule has 22 heavy (non-hydrogen) atoms. The summed E-state index contributed by atoms with van der Waals surface area (Å²) in [6.07, 6.45) is 2.97. The molecule has 7 heteroatoms. The quantitative estimate of drug-likeness (QED) is 0.842. The van der Waals surface area contributed by atoms with E-state index in [0.717, 1.165) is 38.9 Å². The SMILES string of the molecule is CCCN1CCC(NC(=O)c2cccc(S(N)(=O)=O)c2)CC1. The minimum Gasteiger partial charge on any atom is -0.349 e. The average molecular weight is 325 g/mol. The molecule has 0 aliphatic carbocycles. The van der Waals surface area contributed by atoms with Crippen molar-refractivity contribution in [3.63, 3.8) is 0 Å². The highest BCUT2D eigenvalue weighted by atomic mass is 32.2. The Bertz CT molecular complexity index is 623. The Kier molecular flexibility index (Phi) is 5.55. The number of carbonyl (C=O) groups is 1. The molecule has 1 heterocycles. The lowest BCUT2D eigenvalue weighted by Crippen LogP contribution is -2.44. The van der Waals surface area contributed by atoms with Gasteiger partial charge in [0.2, 0.25) is 10.0 Å². The number of likely N-dealkylation sites (tertiary alicyclic amines) is 1. The molecule has 0 aromatic heterocycles. The maximum atomic E-state index is 12.2. The predicted octanol–water partition coefficient (Wildman–Crippen LogP) is 0.938. The summed E-state index contributed by atoms with van der Waals surface area (Å²) in [6, 6.07) is 5.96. The molecule has 1 saturated heterocycles. The molecule has 1 aromatic carbocycles. The third-order valence-electron chi connectivity index (χ3n) is 3.89. The van der Waals surface area contributed by atoms with Crippen molar-refractivity contribution in [1.82, 2.24) is 10.2 Å². The molecular weight excluding hydrogens is 302 g/mol. The number of amides is 1. The minimum atomic E-state index is -3.79. The van der Waals surface area contributed by atoms with Gasteiger partial charge in [-0.2, -0.15) is 0 Å². The highest BCUT2D eigenvalue weighted by molar-refractivity contribution is 7.89. The van der Waals surface area contributed by atoms with Gasteiger partial charge < -0.3 is 10.2 Å². The molecular formula is C15H23N3O3S. The lowest BCUT2D eigenvalue weighted by atomic mass is 10.0. The smallest absolute Gasteiger partial charge is 0.251 e. The highest BCUT2D eigenvalue weighted by Crippen LogP contribution is 2.13. The second-order valence-corrected chi connectivity index (χ2v) is 7.22. The monoisotopic (exact) mass is 325 g/mol. The first-order valence-electron chi connectivity index (χ1n) is 7.56. The first kappa shape index (κ1) is 16.9. The fraction of sp³-hybridized carbons (Fsp3) is 0.533. The number of hydrogen-bond acceptors (Lipinski definition) is 4. The van der Waals surface area contributed by atoms with Gasteiger partial charge in [0.25, 0.3) is 5.91 Å². The number of nitrogens with zero attached hydrogens (tertiary/aromatic N) is 1. The van der Waals surface area contributed by atoms with E-state index in [1.54, 1.807) is 6.07 Å². The van der Waals surface area contributed by atoms with Crippen molar-refractivity contribution in [2.45, 2.75) is 37.1 Å². The van der Waals surface area contributed by atoms with Crippen LogP contribution in [0.1, 0.15) is 36.5 Å². The second-order valence-electron chi connectivity index (χ2n) is 5.66. The number of hydrogen-bond donors (Lipinski definition) is 2. The van der Waals surface area contributed by atoms with Gasteiger partial charge in [0.05, 0.1) is 4.90 Å². The van der Waals surface area contributed by atoms with Gasteiger partial charge in [-0.1, -0.05) is 13.0 Å². The number of primary sulfonamides is 1. The molecule has 0 atom stereocenters. The summed E-state index contributed by atoms with van der Waals surface area (Å²) >= 11 is 0. The molecule has 0 unspecified atom stereocenters. The van der Waals surface area contributed by atoms with E-state index in [9.17, 15) is 13.2 Å². The molecule has 0 radical (unpaired) electrons. The number of nitrogens with one attached hydrogen (secondary N) is 1. The van der Waals surface area contributed by atoms with Crippen molar-refractivity contribution >= 4 is 15.9 Å². The zero-order valence-corrected chi connectivity index (χ0v) is 13.6. The summed E-state index contributed by atoms with van der Waals surface area (Å²) in [6.45, 7) is 5.22. The van der Waals surface area contributed by atoms with Crippen LogP contribution in [0.3, 0.4) is 0 Å². The largest absolute Gasteiger partial charge is 0.349 e. The van der Waals surface area contributed by atoms with Gasteiger partial charge in [-0.05, 0) is 44.0 Å². The summed E-state index contributed by atoms with van der Waals surface area (Å²) in [5, 5.41) is 8.06. The molecule has 0 saturated carbocycles. The standard InChI is InChI=1S/C15H23N3O3S/c1-2-8-18-9-6-13(7-10-18)17-15(19)12-4-3-5-14(11-12)22(16,20)21/h3-5,11,13H,2,6-10H2,1H3,(H,17,19)(H2,16,20,21). The van der Waals surface area contributed by atoms with E-state index in [1.165, 1.54) is 18.2 Å². The van der Waals surface area contributed by atoms with Crippen LogP contribution in [0.5, 0.6) is 0 Å². The Morgan fingerprint density at radius 1 is 1.36 bits per heavy atom. The number of carbonyl (C=O) groups excluding carboxylic acids is 1. The van der Waals surface area contributed by atoms with Crippen LogP contribution < -0.4 is 10.5 Å². The van der Waals surface area contributed by atoms with Gasteiger partial charge in [-0.25, -0.2) is 13.6 Å². The maximum absolute atomic E-state index is 12.2. The van der Waals surface area contributed by atoms with Crippen molar-refractivity contribution in [1.29, 1.82) is 0 Å². The summed E-state index contributed by atoms with van der Waals surface area (Å²) in [7, 11) is -3.79. The Morgan fingerprint density at radius 2 is 2.05 bits per heavy atom. The fourth-order valence-corrected chi connectivity index (χ4v) is 3.26. The third-order valence-corrected chi connectivity index (χ3v) is 4.80. The van der Waals surface area contributed by atoms with E-state index in [0.29, 0.717) is 5.56 Å². The minimum absolute atomic E-state index is 0.0436. The van der Waals surface area contributed by atoms with Crippen LogP contribution >= 0.6 is 0 Å². The Hall–Kier alpha value is -1.44. The molecule has 3 N–H and O–H groups in total. The van der Waals surface area contributed by atoms with Crippen molar-refractivity contribution in [3.05, 3.63) is 29.8 Å². The van der Waals surface area contributed by atoms with E-state index in [1.807, 2.05) is 0 Å². The van der Waals surface area contributed by atoms with Crippen molar-refractivity contribution < 1.29 is 13.2 Å². The van der Waals surface area contributed by atoms with Gasteiger partial charge in [0.15, 0.2) is 0 Å². The zero-order valence-electron chi connectivity index (χ0n) is 12.8. The van der Waals surface area contributed by atoms with E-state index < -0.39 is 10.0 Å². The van der Waals surface area contributed by atoms with Crippen molar-refractivity contribution in [2.75, 3.05) is 19.6 Å². The Balaban J connectivity index is 1.96. The number of piperidine rings is 1. The molecule has 0 spiro atoms. The highest BCUT2D eigenvalue weighted by Gasteiger charge is 2.21. The second kappa shape index (κ2) is 7.21. The maximum Gasteiger partial charge on any atom is 0.251 e. The van der Waals surface area contributed by atoms with Crippen LogP contribution in [0.15, 0.2) is 29.2 Å². The molecule has 6 nitrogen and oxygen atoms in total. The fourth-order valence-electron chi connectivity index (χ4n) is 2.70. The van der Waals surface area contributed by atoms with Crippen LogP contribution in [0.4, 0.5) is 0 Å². The van der Waals surface area contributed by atoms with Crippen LogP contribution in [-0.4, -0.2) is 44.9 Å². The topological polar surface area (TPSA) is 92.5 Å². The lowest BCUT2D eigenvalue weighted by Gasteiger charge is -2.32. The van der Waals surface area contributed by atoms with Gasteiger partial charge in [-0.15, -0.1) is 0 Å². The number of nitrogens with two attached hydrogens (primary N) is 1. The van der Waals surface area contributed by atoms with E-state index in [4.69, 9.17) is 5.14 Å². The summed E-state index contributed by atoms with van der Waals surface area (Å²) < 4.78 is 22.7. The molecule has 0 bridgehead atoms. The Labute approximate surface area is 131 Å². The molecule has 1 fully saturated rings. The first-order chi connectivity index (χ1) is 10.4. The molecule has 1 amide bonds. The molecule has 2 rings (SSSR count). The van der Waals surface area contributed by atoms with Crippen LogP contribution in [0.2, 0.25) is 0 Å². The van der Waals surface area contributed by atoms with E-state index in [-0.39, 0.29) is 16.8 Å². The van der Waals surface area contributed by atoms with Crippen LogP contribution in [0, 0.1) is 0 Å². The molecule has 1 aliphatic heterocycles. The normalized spacial score (nSPS) is 17.4. The first-order valence-corrected chi connectivity index (χ1v) is 9.11. The van der Waals surface area contributed by atoms with Gasteiger partial charge >= 0.3 is 0 Å². The van der Waals surface area contributed by atoms with Gasteiger partial charge in [-0.3, -0.25) is 4.79 Å². The van der Waals surface area contributed by atoms with E-state index >= 15 is 0 Å². The number of rotatable bonds is 5. The van der Waals surface area contributed by atoms with E-state index in [2.05, 4.69) is 17.1 Å². The van der Waals surface area contributed by atoms with Crippen LogP contribution in [0.25, 0.3) is 0 Å². The summed E-state index contributed by atoms with van der Waals surface area (Å²) in [4.78, 5) is 14.6. The van der Waals surface area contributed by atoms with Crippen molar-refractivity contribution in [2.24, 2.45) is 5.14 Å². The number of benzene rings is 1. The van der Waals surface area contributed by atoms with Crippen LogP contribution in [-0.2, 0) is 10.0 Å². The molecule has 1 aliphatic rings. The van der Waals surface area contributed by atoms with Crippen molar-refractivity contribution in [3.8, 4) is 0 Å². The molecule has 1 aromatic rings. The third kappa shape index (κ3) is 4.53. The summed E-state index contributed by atoms with van der Waals surface area (Å²) in [5.41, 5.74) is 0.322. The Morgan fingerprint density at radius 3 is 2.64 bits per heavy atom. The van der Waals surface area contributed by atoms with Gasteiger partial charge in [0.1, 0.15) is 0 Å². The predicted molar refractivity (Wildman–Crippen MR) is 85.0 cm³/mol. The zero-order chi connectivity index (χ0) is 16.2. The average Bonchev–Trinajstić information content (AvgIpc) is 2.49. The summed E-state index contributed by atoms with van der Waals surface area (Å²) in [5.74, 6) is -0.251. The lowest BCUT2D eigenvalue weighted by molar-refractivity contribution is 0.0911. The number of sulfonamides is 1.